The van der Waals surface area contributed by atoms with Gasteiger partial charge in [-0.2, -0.15) is 0 Å². The lowest BCUT2D eigenvalue weighted by atomic mass is 10.2. The fourth-order valence-electron chi connectivity index (χ4n) is 2.51. The average Bonchev–Trinajstić information content (AvgIpc) is 2.61. The molecule has 1 aromatic heterocycles. The standard InChI is InChI=1S/C19H20N4O2/c1-2-5-17(24)21-14-10-8-13(9-11-14)12-20-19-22-16-7-4-3-6-15(16)18(25)23-19/h3-4,6-11H,2,5,12H2,1H3,(H,21,24)(H2,20,22,23,25). The van der Waals surface area contributed by atoms with Gasteiger partial charge in [-0.05, 0) is 36.2 Å². The molecule has 0 aliphatic carbocycles. The Hall–Kier alpha value is -3.15. The number of rotatable bonds is 6. The van der Waals surface area contributed by atoms with E-state index in [0.29, 0.717) is 29.8 Å². The summed E-state index contributed by atoms with van der Waals surface area (Å²) >= 11 is 0. The predicted molar refractivity (Wildman–Crippen MR) is 99.7 cm³/mol. The highest BCUT2D eigenvalue weighted by Crippen LogP contribution is 2.12. The van der Waals surface area contributed by atoms with Crippen LogP contribution in [0.25, 0.3) is 10.9 Å². The summed E-state index contributed by atoms with van der Waals surface area (Å²) in [6.07, 6.45) is 1.34. The van der Waals surface area contributed by atoms with E-state index in [2.05, 4.69) is 20.6 Å². The predicted octanol–water partition coefficient (Wildman–Crippen LogP) is 3.27. The number of H-pyrrole nitrogens is 1. The SMILES string of the molecule is CCCC(=O)Nc1ccc(CNc2nc3ccccc3c(=O)[nH]2)cc1. The van der Waals surface area contributed by atoms with Crippen LogP contribution in [0.15, 0.2) is 53.3 Å². The van der Waals surface area contributed by atoms with Crippen molar-refractivity contribution in [3.63, 3.8) is 0 Å². The monoisotopic (exact) mass is 336 g/mol. The second-order valence-corrected chi connectivity index (χ2v) is 5.78. The number of nitrogens with one attached hydrogen (secondary N) is 3. The maximum atomic E-state index is 12.0. The Balaban J connectivity index is 1.65. The van der Waals surface area contributed by atoms with Crippen molar-refractivity contribution < 1.29 is 4.79 Å². The summed E-state index contributed by atoms with van der Waals surface area (Å²) in [7, 11) is 0. The number of fused-ring (bicyclic) bond motifs is 1. The molecule has 0 radical (unpaired) electrons. The van der Waals surface area contributed by atoms with Crippen LogP contribution in [0.2, 0.25) is 0 Å². The number of amides is 1. The summed E-state index contributed by atoms with van der Waals surface area (Å²) in [5.74, 6) is 0.454. The minimum absolute atomic E-state index is 0.0197. The van der Waals surface area contributed by atoms with Crippen molar-refractivity contribution in [2.24, 2.45) is 0 Å². The van der Waals surface area contributed by atoms with Crippen molar-refractivity contribution in [2.75, 3.05) is 10.6 Å². The van der Waals surface area contributed by atoms with E-state index in [-0.39, 0.29) is 11.5 Å². The molecular weight excluding hydrogens is 316 g/mol. The third-order valence-corrected chi connectivity index (χ3v) is 3.79. The number of carbonyl (C=O) groups is 1. The number of hydrogen-bond donors (Lipinski definition) is 3. The molecule has 0 aliphatic rings. The van der Waals surface area contributed by atoms with E-state index in [1.165, 1.54) is 0 Å². The number of aromatic nitrogens is 2. The summed E-state index contributed by atoms with van der Waals surface area (Å²) in [6, 6.07) is 14.8. The molecule has 3 rings (SSSR count). The first-order valence-corrected chi connectivity index (χ1v) is 8.27. The van der Waals surface area contributed by atoms with E-state index in [1.807, 2.05) is 49.4 Å². The van der Waals surface area contributed by atoms with Gasteiger partial charge in [-0.15, -0.1) is 0 Å². The summed E-state index contributed by atoms with van der Waals surface area (Å²) in [4.78, 5) is 30.8. The Morgan fingerprint density at radius 2 is 1.88 bits per heavy atom. The van der Waals surface area contributed by atoms with Gasteiger partial charge in [-0.3, -0.25) is 14.6 Å². The molecule has 0 unspecified atom stereocenters. The van der Waals surface area contributed by atoms with Crippen LogP contribution in [0.1, 0.15) is 25.3 Å². The lowest BCUT2D eigenvalue weighted by molar-refractivity contribution is -0.116. The van der Waals surface area contributed by atoms with Gasteiger partial charge >= 0.3 is 0 Å². The summed E-state index contributed by atoms with van der Waals surface area (Å²) < 4.78 is 0. The Labute approximate surface area is 145 Å². The van der Waals surface area contributed by atoms with Crippen molar-refractivity contribution in [2.45, 2.75) is 26.3 Å². The van der Waals surface area contributed by atoms with Crippen LogP contribution in [-0.4, -0.2) is 15.9 Å². The minimum Gasteiger partial charge on any atom is -0.352 e. The number of nitrogens with zero attached hydrogens (tertiary/aromatic N) is 1. The molecule has 6 heteroatoms. The van der Waals surface area contributed by atoms with Crippen molar-refractivity contribution in [3.05, 3.63) is 64.4 Å². The Kier molecular flexibility index (Phi) is 5.09. The number of hydrogen-bond acceptors (Lipinski definition) is 4. The molecule has 6 nitrogen and oxygen atoms in total. The van der Waals surface area contributed by atoms with Gasteiger partial charge in [0.15, 0.2) is 0 Å². The molecule has 3 N–H and O–H groups in total. The average molecular weight is 336 g/mol. The third-order valence-electron chi connectivity index (χ3n) is 3.79. The van der Waals surface area contributed by atoms with E-state index in [9.17, 15) is 9.59 Å². The molecule has 0 spiro atoms. The van der Waals surface area contributed by atoms with Gasteiger partial charge in [-0.1, -0.05) is 31.2 Å². The molecule has 25 heavy (non-hydrogen) atoms. The van der Waals surface area contributed by atoms with Crippen LogP contribution >= 0.6 is 0 Å². The second kappa shape index (κ2) is 7.61. The summed E-state index contributed by atoms with van der Waals surface area (Å²) in [5.41, 5.74) is 2.29. The van der Waals surface area contributed by atoms with Crippen molar-refractivity contribution in [1.82, 2.24) is 9.97 Å². The van der Waals surface area contributed by atoms with Gasteiger partial charge in [-0.25, -0.2) is 4.98 Å². The molecule has 0 aliphatic heterocycles. The van der Waals surface area contributed by atoms with Gasteiger partial charge in [0.2, 0.25) is 11.9 Å². The molecule has 3 aromatic rings. The first kappa shape index (κ1) is 16.7. The van der Waals surface area contributed by atoms with E-state index in [4.69, 9.17) is 0 Å². The fourth-order valence-corrected chi connectivity index (χ4v) is 2.51. The van der Waals surface area contributed by atoms with Crippen LogP contribution in [0.3, 0.4) is 0 Å². The highest BCUT2D eigenvalue weighted by molar-refractivity contribution is 5.90. The van der Waals surface area contributed by atoms with Gasteiger partial charge in [0.05, 0.1) is 10.9 Å². The molecular formula is C19H20N4O2. The molecule has 0 saturated carbocycles. The van der Waals surface area contributed by atoms with Crippen LogP contribution < -0.4 is 16.2 Å². The highest BCUT2D eigenvalue weighted by Gasteiger charge is 2.04. The normalized spacial score (nSPS) is 10.6. The molecule has 128 valence electrons. The molecule has 1 heterocycles. The zero-order valence-electron chi connectivity index (χ0n) is 14.0. The van der Waals surface area contributed by atoms with Crippen molar-refractivity contribution in [3.8, 4) is 0 Å². The van der Waals surface area contributed by atoms with E-state index >= 15 is 0 Å². The quantitative estimate of drug-likeness (QED) is 0.645. The molecule has 1 amide bonds. The van der Waals surface area contributed by atoms with E-state index < -0.39 is 0 Å². The summed E-state index contributed by atoms with van der Waals surface area (Å²) in [6.45, 7) is 2.49. The highest BCUT2D eigenvalue weighted by atomic mass is 16.1. The zero-order valence-corrected chi connectivity index (χ0v) is 14.0. The molecule has 2 aromatic carbocycles. The molecule has 0 saturated heterocycles. The first-order chi connectivity index (χ1) is 12.2. The van der Waals surface area contributed by atoms with Gasteiger partial charge in [0.1, 0.15) is 0 Å². The van der Waals surface area contributed by atoms with Crippen molar-refractivity contribution in [1.29, 1.82) is 0 Å². The smallest absolute Gasteiger partial charge is 0.260 e. The molecule has 0 atom stereocenters. The van der Waals surface area contributed by atoms with E-state index in [1.54, 1.807) is 6.07 Å². The van der Waals surface area contributed by atoms with Crippen LogP contribution in [0.5, 0.6) is 0 Å². The Morgan fingerprint density at radius 3 is 2.64 bits per heavy atom. The van der Waals surface area contributed by atoms with Crippen molar-refractivity contribution >= 4 is 28.4 Å². The van der Waals surface area contributed by atoms with Gasteiger partial charge < -0.3 is 10.6 Å². The first-order valence-electron chi connectivity index (χ1n) is 8.27. The van der Waals surface area contributed by atoms with Crippen LogP contribution in [-0.2, 0) is 11.3 Å². The number of benzene rings is 2. The second-order valence-electron chi connectivity index (χ2n) is 5.78. The molecule has 0 fully saturated rings. The Morgan fingerprint density at radius 1 is 1.12 bits per heavy atom. The largest absolute Gasteiger partial charge is 0.352 e. The maximum Gasteiger partial charge on any atom is 0.260 e. The zero-order chi connectivity index (χ0) is 17.6. The summed E-state index contributed by atoms with van der Waals surface area (Å²) in [5, 5.41) is 6.54. The van der Waals surface area contributed by atoms with Crippen LogP contribution in [0.4, 0.5) is 11.6 Å². The minimum atomic E-state index is -0.165. The third kappa shape index (κ3) is 4.23. The lowest BCUT2D eigenvalue weighted by Gasteiger charge is -2.08. The van der Waals surface area contributed by atoms with Crippen LogP contribution in [0, 0.1) is 0 Å². The maximum absolute atomic E-state index is 12.0. The lowest BCUT2D eigenvalue weighted by Crippen LogP contribution is -2.13. The van der Waals surface area contributed by atoms with Gasteiger partial charge in [0.25, 0.3) is 5.56 Å². The van der Waals surface area contributed by atoms with E-state index in [0.717, 1.165) is 17.7 Å². The fraction of sp³-hybridized carbons (Fsp3) is 0.211. The number of anilines is 2. The van der Waals surface area contributed by atoms with Gasteiger partial charge in [0, 0.05) is 18.7 Å². The number of aromatic amines is 1. The number of carbonyl (C=O) groups excluding carboxylic acids is 1. The number of para-hydroxylation sites is 1. The molecule has 0 bridgehead atoms. The Bertz CT molecular complexity index is 932. The topological polar surface area (TPSA) is 86.9 Å².